The van der Waals surface area contributed by atoms with Gasteiger partial charge in [0.2, 0.25) is 0 Å². The van der Waals surface area contributed by atoms with Crippen LogP contribution < -0.4 is 16.2 Å². The molecule has 1 heterocycles. The molecular weight excluding hydrogens is 426 g/mol. The van der Waals surface area contributed by atoms with Crippen LogP contribution >= 0.6 is 24.4 Å². The second kappa shape index (κ2) is 12.4. The number of piperidine rings is 1. The van der Waals surface area contributed by atoms with Gasteiger partial charge in [-0.25, -0.2) is 0 Å². The first-order valence-electron chi connectivity index (χ1n) is 11.6. The fourth-order valence-corrected chi connectivity index (χ4v) is 5.09. The minimum atomic E-state index is 0.278. The van der Waals surface area contributed by atoms with Crippen molar-refractivity contribution in [1.82, 2.24) is 14.9 Å². The maximum atomic E-state index is 6.06. The lowest BCUT2D eigenvalue weighted by atomic mass is 9.95. The Morgan fingerprint density at radius 1 is 1.00 bits per heavy atom. The van der Waals surface area contributed by atoms with E-state index < -0.39 is 0 Å². The molecule has 0 atom stereocenters. The molecule has 1 aromatic carbocycles. The van der Waals surface area contributed by atoms with Crippen molar-refractivity contribution in [3.05, 3.63) is 29.8 Å². The van der Waals surface area contributed by atoms with Gasteiger partial charge in [0.1, 0.15) is 5.75 Å². The summed E-state index contributed by atoms with van der Waals surface area (Å²) in [6, 6.07) is 8.71. The number of likely N-dealkylation sites (tertiary alicyclic amines) is 1. The number of hydrogen-bond acceptors (Lipinski definition) is 4. The summed E-state index contributed by atoms with van der Waals surface area (Å²) in [4.78, 5) is 2.53. The average Bonchev–Trinajstić information content (AvgIpc) is 2.77. The third kappa shape index (κ3) is 7.47. The van der Waals surface area contributed by atoms with Crippen molar-refractivity contribution in [3.8, 4) is 5.75 Å². The number of nitrogens with zero attached hydrogens (tertiary/aromatic N) is 3. The summed E-state index contributed by atoms with van der Waals surface area (Å²) in [5.41, 5.74) is 13.4. The second-order valence-electron chi connectivity index (χ2n) is 8.62. The summed E-state index contributed by atoms with van der Waals surface area (Å²) >= 11 is 10.7. The third-order valence-electron chi connectivity index (χ3n) is 6.20. The maximum Gasteiger partial charge on any atom is 0.185 e. The highest BCUT2D eigenvalue weighted by atomic mass is 32.1. The van der Waals surface area contributed by atoms with Gasteiger partial charge in [-0.2, -0.15) is 0 Å². The van der Waals surface area contributed by atoms with Crippen LogP contribution in [0.4, 0.5) is 0 Å². The van der Waals surface area contributed by atoms with Crippen molar-refractivity contribution in [2.45, 2.75) is 70.4 Å². The van der Waals surface area contributed by atoms with Gasteiger partial charge in [0.25, 0.3) is 0 Å². The Hall–Kier alpha value is -1.64. The molecule has 6 nitrogen and oxygen atoms in total. The van der Waals surface area contributed by atoms with Crippen molar-refractivity contribution < 1.29 is 4.74 Å². The lowest BCUT2D eigenvalue weighted by Gasteiger charge is -2.42. The predicted octanol–water partition coefficient (Wildman–Crippen LogP) is 3.78. The summed E-state index contributed by atoms with van der Waals surface area (Å²) in [6.45, 7) is 4.61. The van der Waals surface area contributed by atoms with Crippen LogP contribution in [0.2, 0.25) is 0 Å². The van der Waals surface area contributed by atoms with Crippen molar-refractivity contribution in [2.24, 2.45) is 11.5 Å². The normalized spacial score (nSPS) is 17.8. The van der Waals surface area contributed by atoms with Crippen LogP contribution in [0.25, 0.3) is 0 Å². The topological polar surface area (TPSA) is 71.0 Å². The summed E-state index contributed by atoms with van der Waals surface area (Å²) in [5.74, 6) is 0.912. The average molecular weight is 464 g/mol. The van der Waals surface area contributed by atoms with E-state index in [1.54, 1.807) is 0 Å². The summed E-state index contributed by atoms with van der Waals surface area (Å²) in [6.07, 6.45) is 10.5. The van der Waals surface area contributed by atoms with Gasteiger partial charge >= 0.3 is 0 Å². The van der Waals surface area contributed by atoms with Gasteiger partial charge in [0.15, 0.2) is 10.2 Å². The highest BCUT2D eigenvalue weighted by Gasteiger charge is 2.28. The minimum absolute atomic E-state index is 0.278. The van der Waals surface area contributed by atoms with E-state index in [2.05, 4.69) is 23.1 Å². The van der Waals surface area contributed by atoms with Crippen LogP contribution in [0.5, 0.6) is 5.75 Å². The molecule has 0 bridgehead atoms. The predicted molar refractivity (Wildman–Crippen MR) is 135 cm³/mol. The fourth-order valence-electron chi connectivity index (χ4n) is 4.66. The van der Waals surface area contributed by atoms with Crippen LogP contribution in [0.3, 0.4) is 0 Å². The van der Waals surface area contributed by atoms with Crippen LogP contribution in [-0.4, -0.2) is 57.4 Å². The molecule has 172 valence electrons. The Bertz CT molecular complexity index is 720. The van der Waals surface area contributed by atoms with Gasteiger partial charge in [0.05, 0.1) is 12.6 Å². The quantitative estimate of drug-likeness (QED) is 0.343. The Morgan fingerprint density at radius 2 is 1.71 bits per heavy atom. The lowest BCUT2D eigenvalue weighted by Crippen LogP contribution is -2.58. The Labute approximate surface area is 197 Å². The molecule has 1 aliphatic heterocycles. The number of thiocarbonyl (C=S) groups is 2. The highest BCUT2D eigenvalue weighted by molar-refractivity contribution is 7.80. The van der Waals surface area contributed by atoms with E-state index in [1.807, 2.05) is 16.1 Å². The van der Waals surface area contributed by atoms with Crippen LogP contribution in [0, 0.1) is 0 Å². The third-order valence-corrected chi connectivity index (χ3v) is 6.59. The van der Waals surface area contributed by atoms with E-state index in [1.165, 1.54) is 57.2 Å². The molecule has 0 amide bonds. The lowest BCUT2D eigenvalue weighted by molar-refractivity contribution is 0.0596. The largest absolute Gasteiger partial charge is 0.494 e. The molecule has 3 rings (SSSR count). The standard InChI is InChI=1S/C23H37N5OS2/c24-22(30)27(28(23(25)31)20-10-3-1-4-11-20)15-8-16-29-21-12-7-9-19(17-21)18-26-13-5-2-6-14-26/h7,9,12,17,20H,1-6,8,10-11,13-16,18H2,(H2,24,30)(H2,25,31). The van der Waals surface area contributed by atoms with E-state index in [-0.39, 0.29) is 6.04 Å². The molecule has 4 N–H and O–H groups in total. The number of nitrogens with two attached hydrogens (primary N) is 2. The van der Waals surface area contributed by atoms with Crippen molar-refractivity contribution in [2.75, 3.05) is 26.2 Å². The van der Waals surface area contributed by atoms with Gasteiger partial charge in [-0.3, -0.25) is 14.9 Å². The summed E-state index contributed by atoms with van der Waals surface area (Å²) in [7, 11) is 0. The van der Waals surface area contributed by atoms with Crippen LogP contribution in [-0.2, 0) is 6.54 Å². The fraction of sp³-hybridized carbons (Fsp3) is 0.652. The van der Waals surface area contributed by atoms with Gasteiger partial charge in [-0.1, -0.05) is 37.8 Å². The molecule has 1 saturated heterocycles. The molecule has 0 radical (unpaired) electrons. The number of ether oxygens (including phenoxy) is 1. The van der Waals surface area contributed by atoms with Gasteiger partial charge in [0, 0.05) is 19.5 Å². The molecule has 8 heteroatoms. The zero-order chi connectivity index (χ0) is 22.1. The molecular formula is C23H37N5OS2. The molecule has 2 fully saturated rings. The summed E-state index contributed by atoms with van der Waals surface area (Å²) in [5, 5.41) is 4.45. The minimum Gasteiger partial charge on any atom is -0.494 e. The molecule has 1 aromatic rings. The maximum absolute atomic E-state index is 6.06. The Morgan fingerprint density at radius 3 is 2.39 bits per heavy atom. The van der Waals surface area contributed by atoms with Crippen molar-refractivity contribution >= 4 is 34.7 Å². The molecule has 1 saturated carbocycles. The first kappa shape index (κ1) is 24.0. The van der Waals surface area contributed by atoms with Gasteiger partial charge < -0.3 is 16.2 Å². The van der Waals surface area contributed by atoms with E-state index in [0.29, 0.717) is 23.4 Å². The van der Waals surface area contributed by atoms with Crippen molar-refractivity contribution in [3.63, 3.8) is 0 Å². The Balaban J connectivity index is 1.50. The molecule has 0 spiro atoms. The smallest absolute Gasteiger partial charge is 0.185 e. The molecule has 0 unspecified atom stereocenters. The second-order valence-corrected chi connectivity index (χ2v) is 9.46. The highest BCUT2D eigenvalue weighted by Crippen LogP contribution is 2.24. The molecule has 0 aromatic heterocycles. The zero-order valence-corrected chi connectivity index (χ0v) is 20.1. The number of benzene rings is 1. The van der Waals surface area contributed by atoms with Gasteiger partial charge in [-0.05, 0) is 80.9 Å². The van der Waals surface area contributed by atoms with Crippen LogP contribution in [0.15, 0.2) is 24.3 Å². The first-order valence-corrected chi connectivity index (χ1v) is 12.5. The first-order chi connectivity index (χ1) is 15.0. The van der Waals surface area contributed by atoms with Crippen molar-refractivity contribution in [1.29, 1.82) is 0 Å². The van der Waals surface area contributed by atoms with Gasteiger partial charge in [-0.15, -0.1) is 0 Å². The zero-order valence-electron chi connectivity index (χ0n) is 18.5. The summed E-state index contributed by atoms with van der Waals surface area (Å²) < 4.78 is 6.04. The monoisotopic (exact) mass is 463 g/mol. The molecule has 31 heavy (non-hydrogen) atoms. The number of rotatable bonds is 8. The van der Waals surface area contributed by atoms with Crippen LogP contribution in [0.1, 0.15) is 63.4 Å². The molecule has 1 aliphatic carbocycles. The van der Waals surface area contributed by atoms with E-state index >= 15 is 0 Å². The van der Waals surface area contributed by atoms with E-state index in [4.69, 9.17) is 40.6 Å². The SMILES string of the molecule is NC(=S)N(CCCOc1cccc(CN2CCCCC2)c1)N(C(N)=S)C1CCCCC1. The number of hydrogen-bond donors (Lipinski definition) is 2. The molecule has 2 aliphatic rings. The number of hydrazine groups is 1. The van der Waals surface area contributed by atoms with E-state index in [0.717, 1.165) is 31.6 Å². The van der Waals surface area contributed by atoms with E-state index in [9.17, 15) is 0 Å². The Kier molecular flexibility index (Phi) is 9.61.